The zero-order valence-corrected chi connectivity index (χ0v) is 18.4. The fourth-order valence-corrected chi connectivity index (χ4v) is 5.75. The quantitative estimate of drug-likeness (QED) is 0.636. The van der Waals surface area contributed by atoms with Gasteiger partial charge in [0.2, 0.25) is 0 Å². The Bertz CT molecular complexity index is 1100. The normalized spacial score (nSPS) is 26.0. The van der Waals surface area contributed by atoms with Gasteiger partial charge >= 0.3 is 0 Å². The minimum absolute atomic E-state index is 0.0746. The highest BCUT2D eigenvalue weighted by Crippen LogP contribution is 2.31. The van der Waals surface area contributed by atoms with Gasteiger partial charge < -0.3 is 14.4 Å². The molecule has 2 aromatic heterocycles. The van der Waals surface area contributed by atoms with Gasteiger partial charge in [0, 0.05) is 45.0 Å². The van der Waals surface area contributed by atoms with Gasteiger partial charge in [0.05, 0.1) is 18.4 Å². The summed E-state index contributed by atoms with van der Waals surface area (Å²) in [6.07, 6.45) is 6.21. The largest absolute Gasteiger partial charge is 0.336 e. The Hall–Kier alpha value is -2.77. The lowest BCUT2D eigenvalue weighted by Crippen LogP contribution is -2.61. The van der Waals surface area contributed by atoms with Gasteiger partial charge in [-0.05, 0) is 43.5 Å². The second-order valence-corrected chi connectivity index (χ2v) is 9.46. The van der Waals surface area contributed by atoms with Gasteiger partial charge in [-0.15, -0.1) is 0 Å². The van der Waals surface area contributed by atoms with E-state index in [1.807, 2.05) is 40.1 Å². The number of imidazole rings is 1. The Kier molecular flexibility index (Phi) is 5.15. The Morgan fingerprint density at radius 1 is 0.969 bits per heavy atom. The van der Waals surface area contributed by atoms with Crippen molar-refractivity contribution in [3.05, 3.63) is 60.0 Å². The molecule has 2 bridgehead atoms. The maximum atomic E-state index is 13.2. The van der Waals surface area contributed by atoms with Crippen molar-refractivity contribution >= 4 is 17.1 Å². The van der Waals surface area contributed by atoms with Crippen molar-refractivity contribution in [2.24, 2.45) is 5.92 Å². The predicted molar refractivity (Wildman–Crippen MR) is 124 cm³/mol. The number of amides is 1. The molecule has 1 unspecified atom stereocenters. The van der Waals surface area contributed by atoms with Crippen LogP contribution in [0.25, 0.3) is 11.2 Å². The summed E-state index contributed by atoms with van der Waals surface area (Å²) < 4.78 is 2.03. The number of fused-ring (bicyclic) bond motifs is 4. The van der Waals surface area contributed by atoms with E-state index in [2.05, 4.69) is 31.9 Å². The molecule has 0 radical (unpaired) electrons. The fraction of sp³-hybridized carbons (Fsp3) is 0.480. The minimum Gasteiger partial charge on any atom is -0.336 e. The van der Waals surface area contributed by atoms with Crippen LogP contribution in [0.5, 0.6) is 0 Å². The molecule has 7 heteroatoms. The van der Waals surface area contributed by atoms with Gasteiger partial charge in [0.1, 0.15) is 5.52 Å². The predicted octanol–water partition coefficient (Wildman–Crippen LogP) is 2.33. The number of pyridine rings is 1. The summed E-state index contributed by atoms with van der Waals surface area (Å²) >= 11 is 0. The number of piperidine rings is 3. The first-order valence-corrected chi connectivity index (χ1v) is 11.8. The van der Waals surface area contributed by atoms with Crippen molar-refractivity contribution in [3.8, 4) is 0 Å². The van der Waals surface area contributed by atoms with Crippen LogP contribution in [0.3, 0.4) is 0 Å². The van der Waals surface area contributed by atoms with Crippen LogP contribution in [0.4, 0.5) is 0 Å². The first-order valence-electron chi connectivity index (χ1n) is 11.8. The number of hydrogen-bond acceptors (Lipinski definition) is 5. The van der Waals surface area contributed by atoms with Crippen molar-refractivity contribution in [3.63, 3.8) is 0 Å². The number of piperazine rings is 1. The summed E-state index contributed by atoms with van der Waals surface area (Å²) in [7, 11) is 0. The monoisotopic (exact) mass is 430 g/mol. The first kappa shape index (κ1) is 19.9. The second-order valence-electron chi connectivity index (χ2n) is 9.46. The SMILES string of the molecule is O=C(c1cnc2c(c1)ncn2Cc1ccccc1)N1CCN(C2CN3CCC2CC3)CC1. The van der Waals surface area contributed by atoms with Gasteiger partial charge in [-0.2, -0.15) is 0 Å². The van der Waals surface area contributed by atoms with Crippen LogP contribution in [-0.4, -0.2) is 87.0 Å². The molecule has 4 aliphatic rings. The molecule has 0 spiro atoms. The zero-order valence-electron chi connectivity index (χ0n) is 18.4. The summed E-state index contributed by atoms with van der Waals surface area (Å²) in [5.41, 5.74) is 3.43. The Balaban J connectivity index is 1.12. The third-order valence-corrected chi connectivity index (χ3v) is 7.59. The van der Waals surface area contributed by atoms with E-state index < -0.39 is 0 Å². The van der Waals surface area contributed by atoms with E-state index in [0.717, 1.165) is 49.8 Å². The molecule has 4 saturated heterocycles. The molecule has 1 aromatic carbocycles. The number of benzene rings is 1. The Labute approximate surface area is 188 Å². The van der Waals surface area contributed by atoms with Gasteiger partial charge in [-0.25, -0.2) is 9.97 Å². The molecule has 0 saturated carbocycles. The van der Waals surface area contributed by atoms with E-state index in [1.165, 1.54) is 38.0 Å². The molecule has 4 fully saturated rings. The third-order valence-electron chi connectivity index (χ3n) is 7.59. The molecule has 1 atom stereocenters. The van der Waals surface area contributed by atoms with E-state index in [-0.39, 0.29) is 5.91 Å². The van der Waals surface area contributed by atoms with Gasteiger partial charge in [0.15, 0.2) is 5.65 Å². The lowest BCUT2D eigenvalue weighted by atomic mass is 9.83. The molecule has 32 heavy (non-hydrogen) atoms. The van der Waals surface area contributed by atoms with Crippen molar-refractivity contribution in [2.45, 2.75) is 25.4 Å². The maximum absolute atomic E-state index is 13.2. The number of rotatable bonds is 4. The Morgan fingerprint density at radius 2 is 1.75 bits per heavy atom. The molecule has 0 N–H and O–H groups in total. The van der Waals surface area contributed by atoms with Crippen LogP contribution in [-0.2, 0) is 6.54 Å². The smallest absolute Gasteiger partial charge is 0.255 e. The molecular formula is C25H30N6O. The molecular weight excluding hydrogens is 400 g/mol. The summed E-state index contributed by atoms with van der Waals surface area (Å²) in [5.74, 6) is 0.922. The van der Waals surface area contributed by atoms with Crippen molar-refractivity contribution in [2.75, 3.05) is 45.8 Å². The van der Waals surface area contributed by atoms with Crippen LogP contribution >= 0.6 is 0 Å². The number of aromatic nitrogens is 3. The molecule has 166 valence electrons. The highest BCUT2D eigenvalue weighted by Gasteiger charge is 2.38. The highest BCUT2D eigenvalue weighted by atomic mass is 16.2. The zero-order chi connectivity index (χ0) is 21.5. The summed E-state index contributed by atoms with van der Waals surface area (Å²) in [4.78, 5) is 29.5. The van der Waals surface area contributed by atoms with Crippen molar-refractivity contribution < 1.29 is 4.79 Å². The van der Waals surface area contributed by atoms with Crippen LogP contribution in [0.15, 0.2) is 48.9 Å². The molecule has 6 heterocycles. The molecule has 3 aromatic rings. The fourth-order valence-electron chi connectivity index (χ4n) is 5.75. The lowest BCUT2D eigenvalue weighted by Gasteiger charge is -2.51. The van der Waals surface area contributed by atoms with E-state index >= 15 is 0 Å². The maximum Gasteiger partial charge on any atom is 0.255 e. The second kappa shape index (κ2) is 8.30. The van der Waals surface area contributed by atoms with Crippen LogP contribution in [0, 0.1) is 5.92 Å². The first-order chi connectivity index (χ1) is 15.7. The van der Waals surface area contributed by atoms with Crippen LogP contribution in [0.1, 0.15) is 28.8 Å². The molecule has 7 rings (SSSR count). The van der Waals surface area contributed by atoms with Crippen LogP contribution in [0.2, 0.25) is 0 Å². The number of hydrogen-bond donors (Lipinski definition) is 0. The van der Waals surface area contributed by atoms with E-state index in [4.69, 9.17) is 0 Å². The summed E-state index contributed by atoms with van der Waals surface area (Å²) in [5, 5.41) is 0. The summed E-state index contributed by atoms with van der Waals surface area (Å²) in [6, 6.07) is 12.9. The van der Waals surface area contributed by atoms with Crippen molar-refractivity contribution in [1.29, 1.82) is 0 Å². The number of carbonyl (C=O) groups is 1. The molecule has 1 amide bonds. The van der Waals surface area contributed by atoms with E-state index in [0.29, 0.717) is 11.6 Å². The minimum atomic E-state index is 0.0746. The number of carbonyl (C=O) groups excluding carboxylic acids is 1. The molecule has 4 aliphatic heterocycles. The van der Waals surface area contributed by atoms with Gasteiger partial charge in [-0.3, -0.25) is 9.69 Å². The van der Waals surface area contributed by atoms with Gasteiger partial charge in [-0.1, -0.05) is 30.3 Å². The topological polar surface area (TPSA) is 57.5 Å². The van der Waals surface area contributed by atoms with E-state index in [1.54, 1.807) is 6.20 Å². The average Bonchev–Trinajstić information content (AvgIpc) is 3.27. The highest BCUT2D eigenvalue weighted by molar-refractivity contribution is 5.96. The molecule has 0 aliphatic carbocycles. The molecule has 7 nitrogen and oxygen atoms in total. The average molecular weight is 431 g/mol. The summed E-state index contributed by atoms with van der Waals surface area (Å²) in [6.45, 7) is 8.02. The van der Waals surface area contributed by atoms with Crippen molar-refractivity contribution in [1.82, 2.24) is 29.2 Å². The van der Waals surface area contributed by atoms with E-state index in [9.17, 15) is 4.79 Å². The third kappa shape index (κ3) is 3.69. The van der Waals surface area contributed by atoms with Gasteiger partial charge in [0.25, 0.3) is 5.91 Å². The standard InChI is InChI=1S/C25H30N6O/c32-25(30-12-10-29(11-13-30)23-17-28-8-6-20(23)7-9-28)21-14-22-24(26-15-21)31(18-27-22)16-19-4-2-1-3-5-19/h1-5,14-15,18,20,23H,6-13,16-17H2. The lowest BCUT2D eigenvalue weighted by molar-refractivity contribution is -0.0131. The number of nitrogens with zero attached hydrogens (tertiary/aromatic N) is 6. The van der Waals surface area contributed by atoms with Crippen LogP contribution < -0.4 is 0 Å². The Morgan fingerprint density at radius 3 is 2.47 bits per heavy atom.